The van der Waals surface area contributed by atoms with Crippen molar-refractivity contribution in [3.8, 4) is 17.2 Å². The smallest absolute Gasteiger partial charge is 0.330 e. The summed E-state index contributed by atoms with van der Waals surface area (Å²) >= 11 is 0. The number of ketones is 2. The zero-order chi connectivity index (χ0) is 30.2. The van der Waals surface area contributed by atoms with Gasteiger partial charge in [-0.05, 0) is 67.7 Å². The molecule has 8 heteroatoms. The Bertz CT molecular complexity index is 1510. The molecule has 1 aromatic carbocycles. The molecule has 3 aliphatic carbocycles. The molecule has 2 heterocycles. The lowest BCUT2D eigenvalue weighted by Crippen LogP contribution is -2.72. The maximum Gasteiger partial charge on any atom is 0.330 e. The van der Waals surface area contributed by atoms with E-state index in [-0.39, 0.29) is 64.6 Å². The van der Waals surface area contributed by atoms with Crippen molar-refractivity contribution in [1.82, 2.24) is 0 Å². The Balaban J connectivity index is 1.81. The van der Waals surface area contributed by atoms with Gasteiger partial charge in [-0.25, -0.2) is 4.79 Å². The summed E-state index contributed by atoms with van der Waals surface area (Å²) in [6.07, 6.45) is 7.63. The molecule has 1 saturated heterocycles. The number of phenolic OH excluding ortho intramolecular Hbond substituents is 2. The summed E-state index contributed by atoms with van der Waals surface area (Å²) < 4.78 is 13.5. The highest BCUT2D eigenvalue weighted by atomic mass is 16.6. The van der Waals surface area contributed by atoms with Crippen molar-refractivity contribution in [1.29, 1.82) is 0 Å². The molecule has 1 spiro atoms. The van der Waals surface area contributed by atoms with E-state index in [0.717, 1.165) is 11.1 Å². The number of hydrogen-bond acceptors (Lipinski definition) is 7. The van der Waals surface area contributed by atoms with Crippen LogP contribution >= 0.6 is 0 Å². The van der Waals surface area contributed by atoms with Gasteiger partial charge in [0.25, 0.3) is 0 Å². The molecule has 218 valence electrons. The van der Waals surface area contributed by atoms with E-state index in [1.54, 1.807) is 6.08 Å². The van der Waals surface area contributed by atoms with Crippen molar-refractivity contribution < 1.29 is 39.2 Å². The molecule has 3 N–H and O–H groups in total. The summed E-state index contributed by atoms with van der Waals surface area (Å²) in [5.41, 5.74) is -1.27. The lowest BCUT2D eigenvalue weighted by atomic mass is 9.51. The van der Waals surface area contributed by atoms with Crippen molar-refractivity contribution in [3.05, 3.63) is 63.3 Å². The molecule has 2 fully saturated rings. The van der Waals surface area contributed by atoms with Gasteiger partial charge in [-0.2, -0.15) is 0 Å². The summed E-state index contributed by atoms with van der Waals surface area (Å²) in [5.74, 6) is -3.32. The highest BCUT2D eigenvalue weighted by molar-refractivity contribution is 6.18. The number of carboxylic acids is 1. The number of phenols is 2. The Morgan fingerprint density at radius 3 is 2.17 bits per heavy atom. The predicted octanol–water partition coefficient (Wildman–Crippen LogP) is 5.54. The number of rotatable bonds is 7. The lowest BCUT2D eigenvalue weighted by molar-refractivity contribution is -0.171. The lowest BCUT2D eigenvalue weighted by Gasteiger charge is -2.56. The van der Waals surface area contributed by atoms with Crippen LogP contribution in [0.15, 0.2) is 46.6 Å². The number of ether oxygens (including phenoxy) is 2. The quantitative estimate of drug-likeness (QED) is 0.292. The van der Waals surface area contributed by atoms with Crippen molar-refractivity contribution in [2.24, 2.45) is 11.8 Å². The number of aliphatic carboxylic acids is 1. The minimum atomic E-state index is -1.65. The second kappa shape index (κ2) is 9.44. The van der Waals surface area contributed by atoms with Gasteiger partial charge in [-0.1, -0.05) is 35.5 Å². The van der Waals surface area contributed by atoms with E-state index in [1.807, 2.05) is 53.7 Å². The van der Waals surface area contributed by atoms with Crippen LogP contribution in [0.3, 0.4) is 0 Å². The molecule has 0 amide bonds. The first-order valence-corrected chi connectivity index (χ1v) is 14.1. The van der Waals surface area contributed by atoms with Gasteiger partial charge in [0.05, 0.1) is 5.60 Å². The second-order valence-corrected chi connectivity index (χ2v) is 12.8. The third-order valence-corrected chi connectivity index (χ3v) is 9.15. The number of allylic oxidation sites excluding steroid dienone is 5. The van der Waals surface area contributed by atoms with Gasteiger partial charge in [-0.3, -0.25) is 9.59 Å². The van der Waals surface area contributed by atoms with Crippen LogP contribution in [0.5, 0.6) is 17.2 Å². The molecule has 2 aliphatic heterocycles. The van der Waals surface area contributed by atoms with E-state index in [0.29, 0.717) is 12.0 Å². The molecule has 6 rings (SSSR count). The number of aromatic hydroxyl groups is 2. The van der Waals surface area contributed by atoms with Crippen LogP contribution in [0, 0.1) is 11.8 Å². The van der Waals surface area contributed by atoms with Crippen molar-refractivity contribution in [2.45, 2.75) is 91.0 Å². The van der Waals surface area contributed by atoms with Crippen LogP contribution in [0.1, 0.15) is 82.8 Å². The first-order valence-electron chi connectivity index (χ1n) is 14.1. The molecule has 0 aromatic heterocycles. The monoisotopic (exact) mass is 562 g/mol. The van der Waals surface area contributed by atoms with Crippen LogP contribution in [0.25, 0.3) is 0 Å². The maximum atomic E-state index is 14.5. The number of Topliss-reactive ketones (excluding diaryl/α,β-unsaturated/α-hetero) is 2. The summed E-state index contributed by atoms with van der Waals surface area (Å²) in [6.45, 7) is 12.8. The maximum absolute atomic E-state index is 14.5. The van der Waals surface area contributed by atoms with Gasteiger partial charge < -0.3 is 24.8 Å². The highest BCUT2D eigenvalue weighted by Gasteiger charge is 2.81. The molecule has 0 radical (unpaired) electrons. The van der Waals surface area contributed by atoms with E-state index < -0.39 is 40.4 Å². The van der Waals surface area contributed by atoms with Crippen LogP contribution in [-0.4, -0.2) is 49.7 Å². The third kappa shape index (κ3) is 3.94. The topological polar surface area (TPSA) is 130 Å². The Morgan fingerprint density at radius 2 is 1.59 bits per heavy atom. The first kappa shape index (κ1) is 28.9. The number of carbonyl (C=O) groups excluding carboxylic acids is 2. The molecule has 1 aromatic rings. The average molecular weight is 563 g/mol. The largest absolute Gasteiger partial charge is 0.507 e. The van der Waals surface area contributed by atoms with Crippen molar-refractivity contribution >= 4 is 17.5 Å². The van der Waals surface area contributed by atoms with Gasteiger partial charge in [0.1, 0.15) is 22.8 Å². The molecule has 4 atom stereocenters. The summed E-state index contributed by atoms with van der Waals surface area (Å²) in [7, 11) is 0. The first-order chi connectivity index (χ1) is 19.1. The molecule has 4 bridgehead atoms. The normalized spacial score (nSPS) is 28.9. The van der Waals surface area contributed by atoms with Gasteiger partial charge in [0.15, 0.2) is 22.8 Å². The van der Waals surface area contributed by atoms with Crippen LogP contribution < -0.4 is 4.74 Å². The number of fused-ring (bicyclic) bond motifs is 1. The zero-order valence-electron chi connectivity index (χ0n) is 24.7. The molecule has 5 aliphatic rings. The van der Waals surface area contributed by atoms with Crippen molar-refractivity contribution in [2.75, 3.05) is 0 Å². The van der Waals surface area contributed by atoms with Crippen molar-refractivity contribution in [3.63, 3.8) is 0 Å². The van der Waals surface area contributed by atoms with E-state index in [4.69, 9.17) is 9.47 Å². The molecule has 8 nitrogen and oxygen atoms in total. The summed E-state index contributed by atoms with van der Waals surface area (Å²) in [4.78, 5) is 40.2. The number of carboxylic acid groups (broad SMARTS) is 1. The fourth-order valence-electron chi connectivity index (χ4n) is 7.14. The number of hydrogen-bond donors (Lipinski definition) is 3. The molecular weight excluding hydrogens is 524 g/mol. The zero-order valence-corrected chi connectivity index (χ0v) is 24.7. The average Bonchev–Trinajstić information content (AvgIpc) is 3.03. The standard InChI is InChI=1S/C33H38O8/c1-16(2)8-10-20-25(34)21(11-9-17(3)4)28-24(26(20)35)27(36)22-14-19-15-23-31(6,7)41-32(29(19)37,33(22,23)40-28)13-12-18(5)30(38)39/h8-9,12,14,19,23,34-35H,10-11,13,15H2,1-7H3,(H,38,39)/b18-12-/t19-,23?,32?,33-/m1/s1. The van der Waals surface area contributed by atoms with Gasteiger partial charge in [0.2, 0.25) is 0 Å². The predicted molar refractivity (Wildman–Crippen MR) is 152 cm³/mol. The van der Waals surface area contributed by atoms with Crippen LogP contribution in [-0.2, 0) is 27.2 Å². The van der Waals surface area contributed by atoms with Gasteiger partial charge in [-0.15, -0.1) is 0 Å². The Kier molecular flexibility index (Phi) is 6.65. The molecule has 41 heavy (non-hydrogen) atoms. The Morgan fingerprint density at radius 1 is 0.976 bits per heavy atom. The van der Waals surface area contributed by atoms with E-state index >= 15 is 0 Å². The van der Waals surface area contributed by atoms with Gasteiger partial charge >= 0.3 is 5.97 Å². The van der Waals surface area contributed by atoms with E-state index in [1.165, 1.54) is 13.0 Å². The number of benzene rings is 1. The van der Waals surface area contributed by atoms with E-state index in [9.17, 15) is 29.7 Å². The SMILES string of the molecule is CC(C)=CCc1c(O)c(CC=C(C)C)c2c(c1O)C(=O)C1=C[C@@H]3CC4C(C)(C)OC(C/C=C(/C)C(=O)O)(C3=O)[C@@]14O2. The number of carbonyl (C=O) groups is 3. The van der Waals surface area contributed by atoms with Gasteiger partial charge in [0, 0.05) is 40.5 Å². The highest BCUT2D eigenvalue weighted by Crippen LogP contribution is 2.68. The third-order valence-electron chi connectivity index (χ3n) is 9.15. The minimum Gasteiger partial charge on any atom is -0.507 e. The Labute approximate surface area is 240 Å². The summed E-state index contributed by atoms with van der Waals surface area (Å²) in [5, 5.41) is 32.5. The summed E-state index contributed by atoms with van der Waals surface area (Å²) in [6, 6.07) is 0. The Hall–Kier alpha value is -3.65. The fraction of sp³-hybridized carbons (Fsp3) is 0.485. The van der Waals surface area contributed by atoms with Crippen LogP contribution in [0.4, 0.5) is 0 Å². The second-order valence-electron chi connectivity index (χ2n) is 12.8. The fourth-order valence-corrected chi connectivity index (χ4v) is 7.14. The van der Waals surface area contributed by atoms with E-state index in [2.05, 4.69) is 0 Å². The molecular formula is C33H38O8. The van der Waals surface area contributed by atoms with Crippen LogP contribution in [0.2, 0.25) is 0 Å². The molecule has 2 unspecified atom stereocenters. The molecule has 1 saturated carbocycles. The minimum absolute atomic E-state index is 0.0291.